The third-order valence-corrected chi connectivity index (χ3v) is 4.44. The van der Waals surface area contributed by atoms with Gasteiger partial charge in [0.1, 0.15) is 12.4 Å². The van der Waals surface area contributed by atoms with E-state index in [0.29, 0.717) is 16.9 Å². The highest BCUT2D eigenvalue weighted by Gasteiger charge is 2.40. The molecular weight excluding hydrogens is 346 g/mol. The van der Waals surface area contributed by atoms with Gasteiger partial charge in [0.2, 0.25) is 0 Å². The van der Waals surface area contributed by atoms with Crippen LogP contribution in [0.4, 0.5) is 5.82 Å². The molecule has 0 unspecified atom stereocenters. The van der Waals surface area contributed by atoms with Crippen molar-refractivity contribution in [3.8, 4) is 0 Å². The molecule has 0 fully saturated rings. The number of imide groups is 1. The number of rotatable bonds is 4. The second kappa shape index (κ2) is 6.49. The van der Waals surface area contributed by atoms with E-state index < -0.39 is 23.8 Å². The Morgan fingerprint density at radius 3 is 2.30 bits per heavy atom. The van der Waals surface area contributed by atoms with E-state index >= 15 is 0 Å². The first-order chi connectivity index (χ1) is 13.1. The molecule has 0 saturated carbocycles. The third-order valence-electron chi connectivity index (χ3n) is 4.44. The van der Waals surface area contributed by atoms with Gasteiger partial charge < -0.3 is 0 Å². The number of hydrogen-bond acceptors (Lipinski definition) is 6. The maximum Gasteiger partial charge on any atom is 0.262 e. The lowest BCUT2D eigenvalue weighted by Gasteiger charge is -2.22. The predicted molar refractivity (Wildman–Crippen MR) is 97.7 cm³/mol. The lowest BCUT2D eigenvalue weighted by molar-refractivity contribution is -0.124. The molecule has 0 aliphatic carbocycles. The smallest absolute Gasteiger partial charge is 0.262 e. The molecule has 2 aromatic carbocycles. The number of fused-ring (bicyclic) bond motifs is 2. The van der Waals surface area contributed by atoms with Gasteiger partial charge in [-0.25, -0.2) is 9.97 Å². The van der Waals surface area contributed by atoms with Gasteiger partial charge in [-0.3, -0.25) is 30.1 Å². The van der Waals surface area contributed by atoms with E-state index in [4.69, 9.17) is 0 Å². The minimum atomic E-state index is -0.988. The van der Waals surface area contributed by atoms with Crippen molar-refractivity contribution < 1.29 is 14.4 Å². The quantitative estimate of drug-likeness (QED) is 0.542. The topological polar surface area (TPSA) is 104 Å². The molecule has 0 bridgehead atoms. The van der Waals surface area contributed by atoms with Crippen molar-refractivity contribution >= 4 is 34.4 Å². The molecule has 1 aliphatic heterocycles. The molecule has 0 spiro atoms. The number of benzene rings is 2. The number of nitrogens with zero attached hydrogens (tertiary/aromatic N) is 3. The van der Waals surface area contributed by atoms with E-state index in [2.05, 4.69) is 20.8 Å². The predicted octanol–water partition coefficient (Wildman–Crippen LogP) is 1.76. The molecule has 0 saturated heterocycles. The number of aromatic nitrogens is 2. The molecule has 134 valence electrons. The van der Waals surface area contributed by atoms with Crippen LogP contribution in [0.2, 0.25) is 0 Å². The van der Waals surface area contributed by atoms with Gasteiger partial charge in [0.25, 0.3) is 17.7 Å². The van der Waals surface area contributed by atoms with Crippen molar-refractivity contribution in [2.75, 3.05) is 5.43 Å². The van der Waals surface area contributed by atoms with Gasteiger partial charge in [-0.2, -0.15) is 0 Å². The van der Waals surface area contributed by atoms with Crippen LogP contribution in [-0.4, -0.2) is 38.6 Å². The van der Waals surface area contributed by atoms with E-state index in [-0.39, 0.29) is 0 Å². The van der Waals surface area contributed by atoms with Gasteiger partial charge in [-0.1, -0.05) is 24.3 Å². The number of para-hydroxylation sites is 1. The second-order valence-corrected chi connectivity index (χ2v) is 6.06. The maximum atomic E-state index is 12.5. The van der Waals surface area contributed by atoms with Crippen LogP contribution < -0.4 is 10.9 Å². The van der Waals surface area contributed by atoms with Crippen molar-refractivity contribution in [2.45, 2.75) is 13.0 Å². The van der Waals surface area contributed by atoms with Crippen molar-refractivity contribution in [3.63, 3.8) is 0 Å². The highest BCUT2D eigenvalue weighted by atomic mass is 16.2. The molecule has 1 atom stereocenters. The molecular formula is C19H15N5O3. The van der Waals surface area contributed by atoms with Crippen molar-refractivity contribution in [3.05, 3.63) is 66.0 Å². The Morgan fingerprint density at radius 1 is 0.963 bits per heavy atom. The Hall–Kier alpha value is -3.81. The molecule has 1 aliphatic rings. The van der Waals surface area contributed by atoms with E-state index in [1.807, 2.05) is 24.3 Å². The van der Waals surface area contributed by atoms with E-state index in [1.165, 1.54) is 13.3 Å². The van der Waals surface area contributed by atoms with Crippen molar-refractivity contribution in [1.29, 1.82) is 0 Å². The highest BCUT2D eigenvalue weighted by molar-refractivity contribution is 6.22. The summed E-state index contributed by atoms with van der Waals surface area (Å²) < 4.78 is 0. The molecule has 8 heteroatoms. The lowest BCUT2D eigenvalue weighted by atomic mass is 10.1. The standard InChI is InChI=1S/C19H15N5O3/c1-11(24-18(26)12-6-2-3-7-13(12)19(24)27)17(25)23-22-16-14-8-4-5-9-15(14)20-10-21-16/h2-11H,1H3,(H,23,25)(H,20,21,22)/t11-/m1/s1. The van der Waals surface area contributed by atoms with Gasteiger partial charge in [0, 0.05) is 5.39 Å². The molecule has 3 aromatic rings. The largest absolute Gasteiger partial charge is 0.281 e. The second-order valence-electron chi connectivity index (χ2n) is 6.06. The van der Waals surface area contributed by atoms with Gasteiger partial charge in [0.05, 0.1) is 16.6 Å². The third kappa shape index (κ3) is 2.77. The van der Waals surface area contributed by atoms with Gasteiger partial charge in [-0.05, 0) is 31.2 Å². The maximum absolute atomic E-state index is 12.5. The summed E-state index contributed by atoms with van der Waals surface area (Å²) in [6.45, 7) is 1.50. The van der Waals surface area contributed by atoms with E-state index in [9.17, 15) is 14.4 Å². The molecule has 2 N–H and O–H groups in total. The molecule has 1 aromatic heterocycles. The number of hydrogen-bond donors (Lipinski definition) is 2. The Morgan fingerprint density at radius 2 is 1.59 bits per heavy atom. The SMILES string of the molecule is C[C@H](C(=O)NNc1ncnc2ccccc12)N1C(=O)c2ccccc2C1=O. The summed E-state index contributed by atoms with van der Waals surface area (Å²) in [6.07, 6.45) is 1.38. The van der Waals surface area contributed by atoms with Crippen LogP contribution in [0.15, 0.2) is 54.9 Å². The molecule has 4 rings (SSSR count). The Labute approximate surface area is 154 Å². The summed E-state index contributed by atoms with van der Waals surface area (Å²) in [4.78, 5) is 46.7. The Bertz CT molecular complexity index is 1040. The summed E-state index contributed by atoms with van der Waals surface area (Å²) in [5.74, 6) is -1.08. The number of hydrazine groups is 1. The first-order valence-corrected chi connectivity index (χ1v) is 8.30. The van der Waals surface area contributed by atoms with Crippen LogP contribution in [0.25, 0.3) is 10.9 Å². The van der Waals surface area contributed by atoms with Crippen LogP contribution in [-0.2, 0) is 4.79 Å². The molecule has 0 radical (unpaired) electrons. The fourth-order valence-corrected chi connectivity index (χ4v) is 3.01. The van der Waals surface area contributed by atoms with Gasteiger partial charge in [-0.15, -0.1) is 0 Å². The summed E-state index contributed by atoms with van der Waals surface area (Å²) in [7, 11) is 0. The average Bonchev–Trinajstić information content (AvgIpc) is 2.96. The summed E-state index contributed by atoms with van der Waals surface area (Å²) in [6, 6.07) is 12.8. The molecule has 2 heterocycles. The number of amides is 3. The average molecular weight is 361 g/mol. The number of carbonyl (C=O) groups is 3. The van der Waals surface area contributed by atoms with Crippen molar-refractivity contribution in [1.82, 2.24) is 20.3 Å². The zero-order valence-corrected chi connectivity index (χ0v) is 14.3. The Kier molecular flexibility index (Phi) is 4.00. The summed E-state index contributed by atoms with van der Waals surface area (Å²) >= 11 is 0. The van der Waals surface area contributed by atoms with Gasteiger partial charge >= 0.3 is 0 Å². The van der Waals surface area contributed by atoms with Crippen LogP contribution >= 0.6 is 0 Å². The summed E-state index contributed by atoms with van der Waals surface area (Å²) in [5, 5.41) is 0.730. The van der Waals surface area contributed by atoms with Crippen LogP contribution in [0, 0.1) is 0 Å². The first-order valence-electron chi connectivity index (χ1n) is 8.30. The number of nitrogens with one attached hydrogen (secondary N) is 2. The van der Waals surface area contributed by atoms with E-state index in [1.54, 1.807) is 24.3 Å². The number of anilines is 1. The summed E-state index contributed by atoms with van der Waals surface area (Å²) in [5.41, 5.74) is 6.58. The van der Waals surface area contributed by atoms with Crippen LogP contribution in [0.1, 0.15) is 27.6 Å². The Balaban J connectivity index is 1.51. The zero-order chi connectivity index (χ0) is 19.0. The molecule has 27 heavy (non-hydrogen) atoms. The van der Waals surface area contributed by atoms with Gasteiger partial charge in [0.15, 0.2) is 5.82 Å². The zero-order valence-electron chi connectivity index (χ0n) is 14.3. The van der Waals surface area contributed by atoms with Crippen LogP contribution in [0.3, 0.4) is 0 Å². The normalized spacial score (nSPS) is 14.2. The fourth-order valence-electron chi connectivity index (χ4n) is 3.01. The first kappa shape index (κ1) is 16.6. The lowest BCUT2D eigenvalue weighted by Crippen LogP contribution is -2.49. The van der Waals surface area contributed by atoms with Crippen LogP contribution in [0.5, 0.6) is 0 Å². The van der Waals surface area contributed by atoms with Crippen molar-refractivity contribution in [2.24, 2.45) is 0 Å². The molecule has 3 amide bonds. The minimum Gasteiger partial charge on any atom is -0.281 e. The fraction of sp³-hybridized carbons (Fsp3) is 0.105. The molecule has 8 nitrogen and oxygen atoms in total. The van der Waals surface area contributed by atoms with E-state index in [0.717, 1.165) is 15.8 Å². The highest BCUT2D eigenvalue weighted by Crippen LogP contribution is 2.24. The minimum absolute atomic E-state index is 0.303. The monoisotopic (exact) mass is 361 g/mol. The number of carbonyl (C=O) groups excluding carboxylic acids is 3.